The molecule has 1 fully saturated rings. The number of carbonyl (C=O) groups is 1. The lowest BCUT2D eigenvalue weighted by molar-refractivity contribution is -0.121. The summed E-state index contributed by atoms with van der Waals surface area (Å²) in [5.41, 5.74) is 0. The molecule has 0 spiro atoms. The van der Waals surface area contributed by atoms with Crippen molar-refractivity contribution in [1.82, 2.24) is 15.5 Å². The molecule has 2 N–H and O–H groups in total. The van der Waals surface area contributed by atoms with Crippen LogP contribution in [0.25, 0.3) is 0 Å². The minimum absolute atomic E-state index is 0. The third-order valence-electron chi connectivity index (χ3n) is 4.95. The van der Waals surface area contributed by atoms with E-state index in [1.807, 2.05) is 24.3 Å². The topological polar surface area (TPSA) is 66.0 Å². The quantitative estimate of drug-likeness (QED) is 0.327. The van der Waals surface area contributed by atoms with Gasteiger partial charge in [0.15, 0.2) is 5.96 Å². The molecule has 1 unspecified atom stereocenters. The van der Waals surface area contributed by atoms with Gasteiger partial charge in [-0.1, -0.05) is 30.7 Å². The number of hydrogen-bond donors (Lipinski definition) is 2. The Labute approximate surface area is 190 Å². The number of likely N-dealkylation sites (tertiary alicyclic amines) is 1. The molecule has 158 valence electrons. The SMILES string of the molecule is CCC(CNC(=NC)N1CCC(CC(=O)NC)CC1)Oc1ccccc1Cl.I. The molecule has 0 bridgehead atoms. The van der Waals surface area contributed by atoms with Gasteiger partial charge in [0.2, 0.25) is 5.91 Å². The normalized spacial score (nSPS) is 16.1. The lowest BCUT2D eigenvalue weighted by Gasteiger charge is -2.34. The van der Waals surface area contributed by atoms with Crippen LogP contribution < -0.4 is 15.4 Å². The van der Waals surface area contributed by atoms with Crippen molar-refractivity contribution in [3.63, 3.8) is 0 Å². The summed E-state index contributed by atoms with van der Waals surface area (Å²) in [6, 6.07) is 7.53. The molecule has 0 saturated carbocycles. The molecule has 0 radical (unpaired) electrons. The van der Waals surface area contributed by atoms with Gasteiger partial charge in [0, 0.05) is 33.6 Å². The molecule has 1 aliphatic rings. The first kappa shape index (κ1) is 24.8. The molecule has 0 aromatic heterocycles. The van der Waals surface area contributed by atoms with Gasteiger partial charge in [0.05, 0.1) is 11.6 Å². The Kier molecular flexibility index (Phi) is 11.6. The van der Waals surface area contributed by atoms with Gasteiger partial charge in [-0.2, -0.15) is 0 Å². The van der Waals surface area contributed by atoms with Crippen molar-refractivity contribution in [3.05, 3.63) is 29.3 Å². The highest BCUT2D eigenvalue weighted by atomic mass is 127. The summed E-state index contributed by atoms with van der Waals surface area (Å²) in [5, 5.41) is 6.76. The molecule has 6 nitrogen and oxygen atoms in total. The summed E-state index contributed by atoms with van der Waals surface area (Å²) in [6.45, 7) is 4.57. The van der Waals surface area contributed by atoms with Crippen LogP contribution >= 0.6 is 35.6 Å². The van der Waals surface area contributed by atoms with Crippen LogP contribution in [-0.4, -0.2) is 56.6 Å². The maximum absolute atomic E-state index is 11.6. The summed E-state index contributed by atoms with van der Waals surface area (Å²) in [5.74, 6) is 2.16. The van der Waals surface area contributed by atoms with Gasteiger partial charge >= 0.3 is 0 Å². The Morgan fingerprint density at radius 1 is 1.36 bits per heavy atom. The third kappa shape index (κ3) is 7.66. The lowest BCUT2D eigenvalue weighted by Crippen LogP contribution is -2.48. The number of ether oxygens (including phenoxy) is 1. The van der Waals surface area contributed by atoms with Crippen LogP contribution in [0, 0.1) is 5.92 Å². The van der Waals surface area contributed by atoms with E-state index in [9.17, 15) is 4.79 Å². The fourth-order valence-electron chi connectivity index (χ4n) is 3.24. The second-order valence-electron chi connectivity index (χ2n) is 6.81. The molecule has 2 rings (SSSR count). The molecule has 1 aromatic rings. The number of hydrogen-bond acceptors (Lipinski definition) is 3. The summed E-state index contributed by atoms with van der Waals surface area (Å²) in [7, 11) is 3.49. The highest BCUT2D eigenvalue weighted by Gasteiger charge is 2.23. The van der Waals surface area contributed by atoms with Gasteiger partial charge in [-0.05, 0) is 37.3 Å². The van der Waals surface area contributed by atoms with Gasteiger partial charge in [-0.25, -0.2) is 0 Å². The standard InChI is InChI=1S/C20H31ClN4O2.HI/c1-4-16(27-18-8-6-5-7-17(18)21)14-24-20(23-3)25-11-9-15(10-12-25)13-19(26)22-2;/h5-8,15-16H,4,9-14H2,1-3H3,(H,22,26)(H,23,24);1H. The van der Waals surface area contributed by atoms with Crippen LogP contribution in [0.4, 0.5) is 0 Å². The van der Waals surface area contributed by atoms with E-state index < -0.39 is 0 Å². The van der Waals surface area contributed by atoms with Crippen molar-refractivity contribution >= 4 is 47.4 Å². The maximum atomic E-state index is 11.6. The largest absolute Gasteiger partial charge is 0.487 e. The number of nitrogens with one attached hydrogen (secondary N) is 2. The first-order valence-electron chi connectivity index (χ1n) is 9.64. The van der Waals surface area contributed by atoms with Crippen LogP contribution in [0.1, 0.15) is 32.6 Å². The van der Waals surface area contributed by atoms with Crippen molar-refractivity contribution in [2.45, 2.75) is 38.7 Å². The van der Waals surface area contributed by atoms with E-state index in [2.05, 4.69) is 27.4 Å². The van der Waals surface area contributed by atoms with Crippen LogP contribution in [0.3, 0.4) is 0 Å². The Morgan fingerprint density at radius 3 is 2.61 bits per heavy atom. The van der Waals surface area contributed by atoms with Crippen molar-refractivity contribution in [2.75, 3.05) is 33.7 Å². The number of guanidine groups is 1. The predicted molar refractivity (Wildman–Crippen MR) is 126 cm³/mol. The average molecular weight is 523 g/mol. The number of para-hydroxylation sites is 1. The van der Waals surface area contributed by atoms with E-state index in [0.29, 0.717) is 29.7 Å². The van der Waals surface area contributed by atoms with Crippen LogP contribution in [0.2, 0.25) is 5.02 Å². The fraction of sp³-hybridized carbons (Fsp3) is 0.600. The Bertz CT molecular complexity index is 636. The smallest absolute Gasteiger partial charge is 0.220 e. The van der Waals surface area contributed by atoms with Crippen molar-refractivity contribution in [3.8, 4) is 5.75 Å². The van der Waals surface area contributed by atoms with E-state index in [1.165, 1.54) is 0 Å². The van der Waals surface area contributed by atoms with E-state index >= 15 is 0 Å². The zero-order chi connectivity index (χ0) is 19.6. The number of halogens is 2. The van der Waals surface area contributed by atoms with E-state index in [0.717, 1.165) is 38.3 Å². The predicted octanol–water partition coefficient (Wildman–Crippen LogP) is 3.54. The summed E-state index contributed by atoms with van der Waals surface area (Å²) in [4.78, 5) is 18.2. The second kappa shape index (κ2) is 13.1. The van der Waals surface area contributed by atoms with E-state index in [1.54, 1.807) is 14.1 Å². The minimum Gasteiger partial charge on any atom is -0.487 e. The van der Waals surface area contributed by atoms with Gasteiger partial charge < -0.3 is 20.3 Å². The molecule has 1 aromatic carbocycles. The average Bonchev–Trinajstić information content (AvgIpc) is 2.70. The molecule has 28 heavy (non-hydrogen) atoms. The molecule has 0 aliphatic carbocycles. The monoisotopic (exact) mass is 522 g/mol. The summed E-state index contributed by atoms with van der Waals surface area (Å²) in [6.07, 6.45) is 3.49. The number of aliphatic imine (C=N–C) groups is 1. The van der Waals surface area contributed by atoms with Crippen molar-refractivity contribution < 1.29 is 9.53 Å². The molecule has 1 aliphatic heterocycles. The van der Waals surface area contributed by atoms with Gasteiger partial charge in [-0.15, -0.1) is 24.0 Å². The van der Waals surface area contributed by atoms with Gasteiger partial charge in [0.25, 0.3) is 0 Å². The molecule has 1 amide bonds. The molecule has 8 heteroatoms. The summed E-state index contributed by atoms with van der Waals surface area (Å²) < 4.78 is 6.04. The van der Waals surface area contributed by atoms with Crippen LogP contribution in [0.15, 0.2) is 29.3 Å². The van der Waals surface area contributed by atoms with Crippen LogP contribution in [-0.2, 0) is 4.79 Å². The maximum Gasteiger partial charge on any atom is 0.220 e. The fourth-order valence-corrected chi connectivity index (χ4v) is 3.42. The number of amides is 1. The number of piperidine rings is 1. The molecular formula is C20H32ClIN4O2. The first-order chi connectivity index (χ1) is 13.1. The number of carbonyl (C=O) groups excluding carboxylic acids is 1. The minimum atomic E-state index is 0. The van der Waals surface area contributed by atoms with E-state index in [-0.39, 0.29) is 36.0 Å². The Balaban J connectivity index is 0.00000392. The lowest BCUT2D eigenvalue weighted by atomic mass is 9.93. The highest BCUT2D eigenvalue weighted by molar-refractivity contribution is 14.0. The highest BCUT2D eigenvalue weighted by Crippen LogP contribution is 2.25. The first-order valence-corrected chi connectivity index (χ1v) is 10.0. The zero-order valence-corrected chi connectivity index (χ0v) is 20.0. The van der Waals surface area contributed by atoms with Crippen molar-refractivity contribution in [2.24, 2.45) is 10.9 Å². The molecular weight excluding hydrogens is 491 g/mol. The third-order valence-corrected chi connectivity index (χ3v) is 5.26. The summed E-state index contributed by atoms with van der Waals surface area (Å²) >= 11 is 6.19. The number of nitrogens with zero attached hydrogens (tertiary/aromatic N) is 2. The molecule has 1 atom stereocenters. The van der Waals surface area contributed by atoms with E-state index in [4.69, 9.17) is 16.3 Å². The van der Waals surface area contributed by atoms with Crippen molar-refractivity contribution in [1.29, 1.82) is 0 Å². The van der Waals surface area contributed by atoms with Gasteiger partial charge in [0.1, 0.15) is 11.9 Å². The van der Waals surface area contributed by atoms with Crippen LogP contribution in [0.5, 0.6) is 5.75 Å². The van der Waals surface area contributed by atoms with Gasteiger partial charge in [-0.3, -0.25) is 9.79 Å². The molecule has 1 saturated heterocycles. The second-order valence-corrected chi connectivity index (χ2v) is 7.22. The molecule has 1 heterocycles. The Morgan fingerprint density at radius 2 is 2.04 bits per heavy atom. The number of benzene rings is 1. The Hall–Kier alpha value is -1.22. The number of rotatable bonds is 7. The zero-order valence-electron chi connectivity index (χ0n) is 16.9.